The van der Waals surface area contributed by atoms with E-state index in [0.29, 0.717) is 10.3 Å². The molecule has 1 aliphatic heterocycles. The Balaban J connectivity index is 1.90. The molecule has 0 radical (unpaired) electrons. The minimum Gasteiger partial charge on any atom is -0.311 e. The van der Waals surface area contributed by atoms with Crippen molar-refractivity contribution in [2.24, 2.45) is 0 Å². The summed E-state index contributed by atoms with van der Waals surface area (Å²) in [6.07, 6.45) is 5.86. The lowest BCUT2D eigenvalue weighted by atomic mass is 10.1. The van der Waals surface area contributed by atoms with E-state index < -0.39 is 0 Å². The van der Waals surface area contributed by atoms with Crippen molar-refractivity contribution in [1.29, 1.82) is 5.41 Å². The number of nitrogens with one attached hydrogen (secondary N) is 1. The van der Waals surface area contributed by atoms with Gasteiger partial charge >= 0.3 is 0 Å². The summed E-state index contributed by atoms with van der Waals surface area (Å²) in [6.45, 7) is 2.23. The van der Waals surface area contributed by atoms with E-state index >= 15 is 0 Å². The Morgan fingerprint density at radius 1 is 1.45 bits per heavy atom. The van der Waals surface area contributed by atoms with Crippen LogP contribution in [0, 0.1) is 5.41 Å². The van der Waals surface area contributed by atoms with Gasteiger partial charge in [-0.1, -0.05) is 36.2 Å². The Bertz CT molecular complexity index is 481. The lowest BCUT2D eigenvalue weighted by Crippen LogP contribution is -2.19. The van der Waals surface area contributed by atoms with Crippen LogP contribution >= 0.6 is 46.7 Å². The molecule has 0 aromatic heterocycles. The van der Waals surface area contributed by atoms with Crippen molar-refractivity contribution >= 4 is 52.9 Å². The second-order valence-corrected chi connectivity index (χ2v) is 9.09. The largest absolute Gasteiger partial charge is 0.311 e. The summed E-state index contributed by atoms with van der Waals surface area (Å²) in [5.74, 6) is 1.16. The Morgan fingerprint density at radius 2 is 2.25 bits per heavy atom. The SMILES string of the molecule is CCC1CSC(C=N)(CCCc2ccc(Cl)cc2Cl)S1. The van der Waals surface area contributed by atoms with Gasteiger partial charge in [-0.2, -0.15) is 0 Å². The zero-order chi connectivity index (χ0) is 14.6. The number of hydrogen-bond acceptors (Lipinski definition) is 3. The first-order valence-electron chi connectivity index (χ1n) is 6.86. The molecule has 1 aliphatic rings. The molecule has 2 atom stereocenters. The monoisotopic (exact) mass is 347 g/mol. The summed E-state index contributed by atoms with van der Waals surface area (Å²) in [5, 5.41) is 9.88. The second-order valence-electron chi connectivity index (χ2n) is 5.00. The highest BCUT2D eigenvalue weighted by molar-refractivity contribution is 8.22. The van der Waals surface area contributed by atoms with Crippen molar-refractivity contribution in [2.45, 2.75) is 41.9 Å². The van der Waals surface area contributed by atoms with Gasteiger partial charge in [0, 0.05) is 27.3 Å². The highest BCUT2D eigenvalue weighted by Gasteiger charge is 2.37. The van der Waals surface area contributed by atoms with Crippen molar-refractivity contribution in [1.82, 2.24) is 0 Å². The lowest BCUT2D eigenvalue weighted by molar-refractivity contribution is 0.754. The number of hydrogen-bond donors (Lipinski definition) is 1. The van der Waals surface area contributed by atoms with Gasteiger partial charge in [0.25, 0.3) is 0 Å². The third-order valence-corrected chi connectivity index (χ3v) is 7.92. The van der Waals surface area contributed by atoms with E-state index in [-0.39, 0.29) is 4.08 Å². The molecule has 0 bridgehead atoms. The van der Waals surface area contributed by atoms with E-state index in [4.69, 9.17) is 28.6 Å². The van der Waals surface area contributed by atoms with Gasteiger partial charge in [-0.15, -0.1) is 23.5 Å². The van der Waals surface area contributed by atoms with Gasteiger partial charge < -0.3 is 5.41 Å². The summed E-state index contributed by atoms with van der Waals surface area (Å²) in [4.78, 5) is 0. The van der Waals surface area contributed by atoms with Crippen LogP contribution in [-0.4, -0.2) is 21.3 Å². The average Bonchev–Trinajstić information content (AvgIpc) is 2.86. The molecule has 1 nitrogen and oxygen atoms in total. The van der Waals surface area contributed by atoms with Crippen LogP contribution in [0.25, 0.3) is 0 Å². The third-order valence-electron chi connectivity index (χ3n) is 3.54. The Morgan fingerprint density at radius 3 is 2.85 bits per heavy atom. The maximum absolute atomic E-state index is 7.76. The molecule has 1 fully saturated rings. The highest BCUT2D eigenvalue weighted by Crippen LogP contribution is 2.50. The fraction of sp³-hybridized carbons (Fsp3) is 0.533. The van der Waals surface area contributed by atoms with E-state index in [2.05, 4.69) is 6.92 Å². The second kappa shape index (κ2) is 7.44. The van der Waals surface area contributed by atoms with E-state index in [9.17, 15) is 0 Å². The molecular formula is C15H19Cl2NS2. The van der Waals surface area contributed by atoms with Gasteiger partial charge in [0.15, 0.2) is 0 Å². The van der Waals surface area contributed by atoms with Crippen LogP contribution in [0.1, 0.15) is 31.7 Å². The van der Waals surface area contributed by atoms with Crippen LogP contribution in [0.4, 0.5) is 0 Å². The molecule has 0 aliphatic carbocycles. The zero-order valence-electron chi connectivity index (χ0n) is 11.5. The number of halogens is 2. The summed E-state index contributed by atoms with van der Waals surface area (Å²) in [6, 6.07) is 5.70. The van der Waals surface area contributed by atoms with Crippen LogP contribution in [0.5, 0.6) is 0 Å². The summed E-state index contributed by atoms with van der Waals surface area (Å²) < 4.78 is -0.0143. The predicted octanol–water partition coefficient (Wildman–Crippen LogP) is 5.92. The fourth-order valence-corrected chi connectivity index (χ4v) is 6.31. The number of thioether (sulfide) groups is 2. The first kappa shape index (κ1) is 16.5. The highest BCUT2D eigenvalue weighted by atomic mass is 35.5. The normalized spacial score (nSPS) is 25.9. The fourth-order valence-electron chi connectivity index (χ4n) is 2.31. The van der Waals surface area contributed by atoms with Crippen molar-refractivity contribution in [3.8, 4) is 0 Å². The van der Waals surface area contributed by atoms with Crippen molar-refractivity contribution in [2.75, 3.05) is 5.75 Å². The first-order chi connectivity index (χ1) is 9.58. The van der Waals surface area contributed by atoms with Crippen LogP contribution in [0.2, 0.25) is 10.0 Å². The van der Waals surface area contributed by atoms with Crippen LogP contribution in [-0.2, 0) is 6.42 Å². The Kier molecular flexibility index (Phi) is 6.15. The van der Waals surface area contributed by atoms with Gasteiger partial charge in [-0.3, -0.25) is 0 Å². The summed E-state index contributed by atoms with van der Waals surface area (Å²) in [5.41, 5.74) is 1.15. The van der Waals surface area contributed by atoms with Gasteiger partial charge in [-0.25, -0.2) is 0 Å². The molecule has 1 saturated heterocycles. The van der Waals surface area contributed by atoms with Crippen LogP contribution < -0.4 is 0 Å². The molecule has 0 amide bonds. The third kappa shape index (κ3) is 4.09. The predicted molar refractivity (Wildman–Crippen MR) is 95.0 cm³/mol. The van der Waals surface area contributed by atoms with E-state index in [1.54, 1.807) is 12.3 Å². The molecule has 0 saturated carbocycles. The summed E-state index contributed by atoms with van der Waals surface area (Å²) >= 11 is 16.0. The first-order valence-corrected chi connectivity index (χ1v) is 9.48. The minimum atomic E-state index is -0.0143. The van der Waals surface area contributed by atoms with Gasteiger partial charge in [0.05, 0.1) is 4.08 Å². The number of benzene rings is 1. The van der Waals surface area contributed by atoms with Gasteiger partial charge in [-0.05, 0) is 43.4 Å². The standard InChI is InChI=1S/C15H19Cl2NS2/c1-2-13-9-19-15(10-18,20-13)7-3-4-11-5-6-12(16)8-14(11)17/h5-6,8,10,13,18H,2-4,7,9H2,1H3. The van der Waals surface area contributed by atoms with Crippen LogP contribution in [0.3, 0.4) is 0 Å². The molecule has 5 heteroatoms. The molecule has 1 aromatic rings. The Hall–Kier alpha value is 0.170. The molecule has 1 N–H and O–H groups in total. The van der Waals surface area contributed by atoms with Gasteiger partial charge in [0.1, 0.15) is 0 Å². The van der Waals surface area contributed by atoms with Crippen molar-refractivity contribution in [3.05, 3.63) is 33.8 Å². The number of aryl methyl sites for hydroxylation is 1. The maximum Gasteiger partial charge on any atom is 0.0957 e. The Labute approximate surface area is 139 Å². The molecule has 0 spiro atoms. The molecular weight excluding hydrogens is 329 g/mol. The van der Waals surface area contributed by atoms with E-state index in [1.807, 2.05) is 35.7 Å². The molecule has 1 heterocycles. The molecule has 2 rings (SSSR count). The molecule has 20 heavy (non-hydrogen) atoms. The molecule has 2 unspecified atom stereocenters. The smallest absolute Gasteiger partial charge is 0.0957 e. The maximum atomic E-state index is 7.76. The molecule has 1 aromatic carbocycles. The zero-order valence-corrected chi connectivity index (χ0v) is 14.6. The quantitative estimate of drug-likeness (QED) is 0.645. The van der Waals surface area contributed by atoms with Gasteiger partial charge in [0.2, 0.25) is 0 Å². The van der Waals surface area contributed by atoms with E-state index in [0.717, 1.165) is 35.6 Å². The van der Waals surface area contributed by atoms with Crippen molar-refractivity contribution < 1.29 is 0 Å². The summed E-state index contributed by atoms with van der Waals surface area (Å²) in [7, 11) is 0. The molecule has 110 valence electrons. The minimum absolute atomic E-state index is 0.0143. The number of rotatable bonds is 6. The van der Waals surface area contributed by atoms with Crippen molar-refractivity contribution in [3.63, 3.8) is 0 Å². The van der Waals surface area contributed by atoms with E-state index in [1.165, 1.54) is 6.42 Å². The average molecular weight is 348 g/mol. The van der Waals surface area contributed by atoms with Crippen LogP contribution in [0.15, 0.2) is 18.2 Å². The topological polar surface area (TPSA) is 23.9 Å². The lowest BCUT2D eigenvalue weighted by Gasteiger charge is -2.22.